The molecule has 4 aromatic carbocycles. The van der Waals surface area contributed by atoms with Crippen molar-refractivity contribution in [2.75, 3.05) is 4.90 Å². The molecule has 0 aromatic heterocycles. The number of Topliss-reactive ketones (excluding diaryl/α,β-unsaturated/α-hetero) is 1. The first-order valence-corrected chi connectivity index (χ1v) is 12.6. The summed E-state index contributed by atoms with van der Waals surface area (Å²) >= 11 is 3.47. The average Bonchev–Trinajstić information content (AvgIpc) is 3.20. The van der Waals surface area contributed by atoms with Gasteiger partial charge in [0.1, 0.15) is 18.1 Å². The Labute approximate surface area is 223 Å². The molecular formula is C31H24BrNO4. The van der Waals surface area contributed by atoms with Gasteiger partial charge in [0.25, 0.3) is 11.7 Å². The van der Waals surface area contributed by atoms with Crippen molar-refractivity contribution >= 4 is 39.1 Å². The Morgan fingerprint density at radius 1 is 0.892 bits per heavy atom. The van der Waals surface area contributed by atoms with Gasteiger partial charge in [0.2, 0.25) is 0 Å². The minimum absolute atomic E-state index is 0.0496. The second kappa shape index (κ2) is 10.4. The number of hydrogen-bond donors (Lipinski definition) is 1. The number of anilines is 1. The van der Waals surface area contributed by atoms with Gasteiger partial charge in [0.15, 0.2) is 0 Å². The zero-order valence-corrected chi connectivity index (χ0v) is 21.7. The molecule has 1 amide bonds. The molecule has 1 aliphatic rings. The van der Waals surface area contributed by atoms with Crippen LogP contribution in [0, 0.1) is 6.92 Å². The van der Waals surface area contributed by atoms with E-state index in [1.165, 1.54) is 4.90 Å². The number of benzene rings is 4. The lowest BCUT2D eigenvalue weighted by atomic mass is 9.94. The molecule has 1 unspecified atom stereocenters. The Balaban J connectivity index is 1.56. The minimum atomic E-state index is -0.797. The van der Waals surface area contributed by atoms with Crippen molar-refractivity contribution in [1.82, 2.24) is 0 Å². The zero-order valence-electron chi connectivity index (χ0n) is 20.1. The van der Waals surface area contributed by atoms with Gasteiger partial charge >= 0.3 is 0 Å². The highest BCUT2D eigenvalue weighted by Gasteiger charge is 2.46. The molecule has 0 radical (unpaired) electrons. The van der Waals surface area contributed by atoms with Gasteiger partial charge in [-0.25, -0.2) is 0 Å². The third-order valence-corrected chi connectivity index (χ3v) is 7.24. The van der Waals surface area contributed by atoms with Crippen LogP contribution in [0.25, 0.3) is 5.76 Å². The summed E-state index contributed by atoms with van der Waals surface area (Å²) in [6.07, 6.45) is 0. The lowest BCUT2D eigenvalue weighted by molar-refractivity contribution is -0.132. The topological polar surface area (TPSA) is 66.8 Å². The maximum atomic E-state index is 13.3. The van der Waals surface area contributed by atoms with Crippen LogP contribution >= 0.6 is 15.9 Å². The normalized spacial score (nSPS) is 16.7. The second-order valence-corrected chi connectivity index (χ2v) is 9.67. The lowest BCUT2D eigenvalue weighted by Crippen LogP contribution is -2.29. The van der Waals surface area contributed by atoms with E-state index in [1.807, 2.05) is 85.8 Å². The van der Waals surface area contributed by atoms with Crippen LogP contribution in [0.4, 0.5) is 5.69 Å². The molecule has 1 heterocycles. The SMILES string of the molecule is Cc1cc(/C(O)=C2/C(=O)C(=O)N(c3ccccc3)C2c2ccc(OCc3ccccc3)cc2)ccc1Br. The van der Waals surface area contributed by atoms with Crippen LogP contribution in [0.15, 0.2) is 113 Å². The van der Waals surface area contributed by atoms with Crippen molar-refractivity contribution in [3.05, 3.63) is 135 Å². The van der Waals surface area contributed by atoms with E-state index < -0.39 is 17.7 Å². The first kappa shape index (κ1) is 24.5. The average molecular weight is 554 g/mol. The van der Waals surface area contributed by atoms with Gasteiger partial charge in [-0.15, -0.1) is 0 Å². The second-order valence-electron chi connectivity index (χ2n) is 8.81. The van der Waals surface area contributed by atoms with Crippen molar-refractivity contribution in [3.63, 3.8) is 0 Å². The van der Waals surface area contributed by atoms with Crippen LogP contribution in [-0.2, 0) is 16.2 Å². The molecule has 184 valence electrons. The number of halogens is 1. The summed E-state index contributed by atoms with van der Waals surface area (Å²) < 4.78 is 6.80. The summed E-state index contributed by atoms with van der Waals surface area (Å²) in [4.78, 5) is 28.0. The fourth-order valence-electron chi connectivity index (χ4n) is 4.44. The molecule has 1 N–H and O–H groups in total. The Morgan fingerprint density at radius 2 is 1.54 bits per heavy atom. The van der Waals surface area contributed by atoms with Crippen molar-refractivity contribution in [2.45, 2.75) is 19.6 Å². The molecule has 0 bridgehead atoms. The maximum Gasteiger partial charge on any atom is 0.300 e. The first-order chi connectivity index (χ1) is 17.9. The summed E-state index contributed by atoms with van der Waals surface area (Å²) in [5, 5.41) is 11.3. The molecule has 1 aliphatic heterocycles. The van der Waals surface area contributed by atoms with E-state index in [0.29, 0.717) is 29.2 Å². The molecule has 1 atom stereocenters. The summed E-state index contributed by atoms with van der Waals surface area (Å²) in [6, 6.07) is 30.7. The fourth-order valence-corrected chi connectivity index (χ4v) is 4.68. The summed E-state index contributed by atoms with van der Waals surface area (Å²) in [5.41, 5.74) is 3.73. The third-order valence-electron chi connectivity index (χ3n) is 6.35. The van der Waals surface area contributed by atoms with Crippen molar-refractivity contribution in [1.29, 1.82) is 0 Å². The Bertz CT molecular complexity index is 1480. The van der Waals surface area contributed by atoms with Gasteiger partial charge in [-0.05, 0) is 60.0 Å². The summed E-state index contributed by atoms with van der Waals surface area (Å²) in [6.45, 7) is 2.32. The Morgan fingerprint density at radius 3 is 2.19 bits per heavy atom. The van der Waals surface area contributed by atoms with E-state index >= 15 is 0 Å². The number of ketones is 1. The third kappa shape index (κ3) is 4.93. The van der Waals surface area contributed by atoms with E-state index in [1.54, 1.807) is 24.3 Å². The molecule has 1 saturated heterocycles. The number of amides is 1. The number of aryl methyl sites for hydroxylation is 1. The van der Waals surface area contributed by atoms with Crippen molar-refractivity contribution in [2.24, 2.45) is 0 Å². The highest BCUT2D eigenvalue weighted by Crippen LogP contribution is 2.42. The molecule has 0 aliphatic carbocycles. The number of carbonyl (C=O) groups is 2. The number of para-hydroxylation sites is 1. The number of aliphatic hydroxyl groups is 1. The van der Waals surface area contributed by atoms with E-state index in [0.717, 1.165) is 15.6 Å². The smallest absolute Gasteiger partial charge is 0.300 e. The molecule has 4 aromatic rings. The van der Waals surface area contributed by atoms with Gasteiger partial charge in [0.05, 0.1) is 11.6 Å². The molecule has 0 spiro atoms. The number of hydrogen-bond acceptors (Lipinski definition) is 4. The number of rotatable bonds is 6. The molecule has 5 nitrogen and oxygen atoms in total. The van der Waals surface area contributed by atoms with E-state index in [4.69, 9.17) is 4.74 Å². The Kier molecular flexibility index (Phi) is 6.93. The van der Waals surface area contributed by atoms with Crippen LogP contribution in [0.3, 0.4) is 0 Å². The minimum Gasteiger partial charge on any atom is -0.507 e. The van der Waals surface area contributed by atoms with Gasteiger partial charge in [-0.2, -0.15) is 0 Å². The van der Waals surface area contributed by atoms with Gasteiger partial charge in [0, 0.05) is 15.7 Å². The van der Waals surface area contributed by atoms with Gasteiger partial charge in [-0.3, -0.25) is 14.5 Å². The highest BCUT2D eigenvalue weighted by molar-refractivity contribution is 9.10. The molecular weight excluding hydrogens is 530 g/mol. The number of aliphatic hydroxyl groups excluding tert-OH is 1. The lowest BCUT2D eigenvalue weighted by Gasteiger charge is -2.25. The summed E-state index contributed by atoms with van der Waals surface area (Å²) in [7, 11) is 0. The van der Waals surface area contributed by atoms with Crippen molar-refractivity contribution < 1.29 is 19.4 Å². The summed E-state index contributed by atoms with van der Waals surface area (Å²) in [5.74, 6) is -0.957. The quantitative estimate of drug-likeness (QED) is 0.159. The van der Waals surface area contributed by atoms with Crippen LogP contribution < -0.4 is 9.64 Å². The fraction of sp³-hybridized carbons (Fsp3) is 0.0968. The number of nitrogens with zero attached hydrogens (tertiary/aromatic N) is 1. The molecule has 5 rings (SSSR count). The molecule has 37 heavy (non-hydrogen) atoms. The predicted octanol–water partition coefficient (Wildman–Crippen LogP) is 6.96. The monoisotopic (exact) mass is 553 g/mol. The Hall–Kier alpha value is -4.16. The highest BCUT2D eigenvalue weighted by atomic mass is 79.9. The van der Waals surface area contributed by atoms with E-state index in [2.05, 4.69) is 15.9 Å². The van der Waals surface area contributed by atoms with Gasteiger partial charge < -0.3 is 9.84 Å². The van der Waals surface area contributed by atoms with Crippen LogP contribution in [0.1, 0.15) is 28.3 Å². The molecule has 1 fully saturated rings. The van der Waals surface area contributed by atoms with Crippen molar-refractivity contribution in [3.8, 4) is 5.75 Å². The predicted molar refractivity (Wildman–Crippen MR) is 147 cm³/mol. The number of carbonyl (C=O) groups excluding carboxylic acids is 2. The number of ether oxygens (including phenoxy) is 1. The maximum absolute atomic E-state index is 13.3. The van der Waals surface area contributed by atoms with E-state index in [-0.39, 0.29) is 11.3 Å². The zero-order chi connectivity index (χ0) is 25.9. The molecule has 6 heteroatoms. The van der Waals surface area contributed by atoms with Crippen LogP contribution in [0.5, 0.6) is 5.75 Å². The van der Waals surface area contributed by atoms with E-state index in [9.17, 15) is 14.7 Å². The van der Waals surface area contributed by atoms with Gasteiger partial charge in [-0.1, -0.05) is 82.7 Å². The standard InChI is InChI=1S/C31H24BrNO4/c1-20-18-23(14-17-26(20)32)29(34)27-28(33(31(36)30(27)35)24-10-6-3-7-11-24)22-12-15-25(16-13-22)37-19-21-8-4-2-5-9-21/h2-18,28,34H,19H2,1H3/b29-27-. The van der Waals surface area contributed by atoms with Crippen LogP contribution in [0.2, 0.25) is 0 Å². The first-order valence-electron chi connectivity index (χ1n) is 11.8. The largest absolute Gasteiger partial charge is 0.507 e. The molecule has 0 saturated carbocycles. The van der Waals surface area contributed by atoms with Crippen LogP contribution in [-0.4, -0.2) is 16.8 Å².